The molecule has 0 aromatic heterocycles. The van der Waals surface area contributed by atoms with Crippen molar-refractivity contribution in [1.82, 2.24) is 0 Å². The fourth-order valence-corrected chi connectivity index (χ4v) is 2.72. The fourth-order valence-electron chi connectivity index (χ4n) is 2.72. The van der Waals surface area contributed by atoms with Crippen molar-refractivity contribution in [1.29, 1.82) is 0 Å². The summed E-state index contributed by atoms with van der Waals surface area (Å²) in [5.74, 6) is -0.115. The summed E-state index contributed by atoms with van der Waals surface area (Å²) in [7, 11) is 2.99. The van der Waals surface area contributed by atoms with Gasteiger partial charge in [-0.2, -0.15) is 0 Å². The molecule has 1 N–H and O–H groups in total. The molecule has 1 aliphatic heterocycles. The van der Waals surface area contributed by atoms with Crippen LogP contribution in [-0.4, -0.2) is 51.8 Å². The van der Waals surface area contributed by atoms with E-state index in [-0.39, 0.29) is 19.1 Å². The zero-order valence-electron chi connectivity index (χ0n) is 16.0. The summed E-state index contributed by atoms with van der Waals surface area (Å²) in [5.41, 5.74) is 0.910. The van der Waals surface area contributed by atoms with E-state index in [1.54, 1.807) is 42.5 Å². The molecular formula is C20H20N2O7. The molecule has 0 aliphatic carbocycles. The van der Waals surface area contributed by atoms with Gasteiger partial charge in [0, 0.05) is 23.9 Å². The molecule has 152 valence electrons. The van der Waals surface area contributed by atoms with Gasteiger partial charge in [-0.3, -0.25) is 19.3 Å². The monoisotopic (exact) mass is 400 g/mol. The molecule has 9 heteroatoms. The largest absolute Gasteiger partial charge is 0.497 e. The lowest BCUT2D eigenvalue weighted by atomic mass is 10.2. The Bertz CT molecular complexity index is 907. The number of amides is 2. The first-order valence-corrected chi connectivity index (χ1v) is 8.71. The standard InChI is InChI=1S/C20H20N2O7/c1-26-14-7-13(8-15(9-14)27-2)21-18(23)11-29-20(25)10-22-16-5-3-4-6-17(16)28-12-19(22)24/h3-9H,10-12H2,1-2H3,(H,21,23). The van der Waals surface area contributed by atoms with Crippen molar-refractivity contribution in [3.8, 4) is 17.2 Å². The molecule has 0 radical (unpaired) electrons. The van der Waals surface area contributed by atoms with Crippen LogP contribution >= 0.6 is 0 Å². The predicted molar refractivity (Wildman–Crippen MR) is 103 cm³/mol. The summed E-state index contributed by atoms with van der Waals surface area (Å²) >= 11 is 0. The smallest absolute Gasteiger partial charge is 0.326 e. The van der Waals surface area contributed by atoms with Crippen LogP contribution in [0.15, 0.2) is 42.5 Å². The highest BCUT2D eigenvalue weighted by molar-refractivity contribution is 6.01. The van der Waals surface area contributed by atoms with Crippen molar-refractivity contribution in [3.05, 3.63) is 42.5 Å². The van der Waals surface area contributed by atoms with Gasteiger partial charge in [0.05, 0.1) is 19.9 Å². The lowest BCUT2D eigenvalue weighted by Gasteiger charge is -2.28. The van der Waals surface area contributed by atoms with E-state index in [9.17, 15) is 14.4 Å². The molecule has 0 bridgehead atoms. The third-order valence-corrected chi connectivity index (χ3v) is 4.09. The third-order valence-electron chi connectivity index (χ3n) is 4.09. The van der Waals surface area contributed by atoms with E-state index in [1.165, 1.54) is 19.1 Å². The third kappa shape index (κ3) is 4.95. The second-order valence-electron chi connectivity index (χ2n) is 6.05. The minimum Gasteiger partial charge on any atom is -0.497 e. The number of hydrogen-bond acceptors (Lipinski definition) is 7. The zero-order chi connectivity index (χ0) is 20.8. The summed E-state index contributed by atoms with van der Waals surface area (Å²) in [6.45, 7) is -0.986. The Morgan fingerprint density at radius 3 is 2.48 bits per heavy atom. The van der Waals surface area contributed by atoms with Gasteiger partial charge in [0.1, 0.15) is 23.8 Å². The number of esters is 1. The summed E-state index contributed by atoms with van der Waals surface area (Å²) in [4.78, 5) is 37.6. The van der Waals surface area contributed by atoms with Crippen LogP contribution in [0, 0.1) is 0 Å². The van der Waals surface area contributed by atoms with Crippen molar-refractivity contribution in [2.24, 2.45) is 0 Å². The van der Waals surface area contributed by atoms with Gasteiger partial charge in [-0.1, -0.05) is 12.1 Å². The molecule has 0 saturated heterocycles. The van der Waals surface area contributed by atoms with E-state index < -0.39 is 18.5 Å². The summed E-state index contributed by atoms with van der Waals surface area (Å²) in [5, 5.41) is 2.60. The van der Waals surface area contributed by atoms with Gasteiger partial charge in [-0.05, 0) is 12.1 Å². The Hall–Kier alpha value is -3.75. The highest BCUT2D eigenvalue weighted by Crippen LogP contribution is 2.31. The molecule has 2 amide bonds. The number of para-hydroxylation sites is 2. The summed E-state index contributed by atoms with van der Waals surface area (Å²) in [6.07, 6.45) is 0. The Labute approximate surface area is 167 Å². The number of ether oxygens (including phenoxy) is 4. The molecule has 0 spiro atoms. The Morgan fingerprint density at radius 1 is 1.10 bits per heavy atom. The van der Waals surface area contributed by atoms with Crippen LogP contribution in [0.1, 0.15) is 0 Å². The number of nitrogens with zero attached hydrogens (tertiary/aromatic N) is 1. The van der Waals surface area contributed by atoms with E-state index in [0.29, 0.717) is 28.6 Å². The maximum absolute atomic E-state index is 12.1. The Kier molecular flexibility index (Phi) is 6.18. The van der Waals surface area contributed by atoms with Gasteiger partial charge < -0.3 is 24.3 Å². The van der Waals surface area contributed by atoms with E-state index >= 15 is 0 Å². The maximum atomic E-state index is 12.1. The highest BCUT2D eigenvalue weighted by atomic mass is 16.5. The second kappa shape index (κ2) is 8.96. The van der Waals surface area contributed by atoms with Crippen molar-refractivity contribution >= 4 is 29.2 Å². The van der Waals surface area contributed by atoms with Gasteiger partial charge in [0.15, 0.2) is 13.2 Å². The number of hydrogen-bond donors (Lipinski definition) is 1. The van der Waals surface area contributed by atoms with Crippen LogP contribution in [-0.2, 0) is 19.1 Å². The molecule has 0 fully saturated rings. The minimum atomic E-state index is -0.714. The normalized spacial score (nSPS) is 12.5. The van der Waals surface area contributed by atoms with Crippen LogP contribution in [0.3, 0.4) is 0 Å². The van der Waals surface area contributed by atoms with Crippen LogP contribution in [0.5, 0.6) is 17.2 Å². The molecule has 2 aromatic carbocycles. The number of carbonyl (C=O) groups is 3. The second-order valence-corrected chi connectivity index (χ2v) is 6.05. The number of carbonyl (C=O) groups excluding carboxylic acids is 3. The van der Waals surface area contributed by atoms with Gasteiger partial charge in [0.25, 0.3) is 11.8 Å². The number of anilines is 2. The number of benzene rings is 2. The van der Waals surface area contributed by atoms with Gasteiger partial charge >= 0.3 is 5.97 Å². The SMILES string of the molecule is COc1cc(NC(=O)COC(=O)CN2C(=O)COc3ccccc32)cc(OC)c1. The number of nitrogens with one attached hydrogen (secondary N) is 1. The van der Waals surface area contributed by atoms with Crippen LogP contribution < -0.4 is 24.4 Å². The average Bonchev–Trinajstić information content (AvgIpc) is 2.74. The average molecular weight is 400 g/mol. The summed E-state index contributed by atoms with van der Waals surface area (Å²) in [6, 6.07) is 11.7. The molecule has 3 rings (SSSR count). The molecule has 0 saturated carbocycles. The molecule has 0 unspecified atom stereocenters. The van der Waals surface area contributed by atoms with E-state index in [0.717, 1.165) is 0 Å². The van der Waals surface area contributed by atoms with Gasteiger partial charge in [-0.25, -0.2) is 0 Å². The quantitative estimate of drug-likeness (QED) is 0.704. The maximum Gasteiger partial charge on any atom is 0.326 e. The first-order chi connectivity index (χ1) is 14.0. The van der Waals surface area contributed by atoms with Crippen molar-refractivity contribution in [3.63, 3.8) is 0 Å². The molecular weight excluding hydrogens is 380 g/mol. The molecule has 9 nitrogen and oxygen atoms in total. The number of fused-ring (bicyclic) bond motifs is 1. The van der Waals surface area contributed by atoms with Gasteiger partial charge in [0.2, 0.25) is 0 Å². The Morgan fingerprint density at radius 2 is 1.79 bits per heavy atom. The van der Waals surface area contributed by atoms with E-state index in [4.69, 9.17) is 18.9 Å². The van der Waals surface area contributed by atoms with Gasteiger partial charge in [-0.15, -0.1) is 0 Å². The first-order valence-electron chi connectivity index (χ1n) is 8.71. The van der Waals surface area contributed by atoms with Crippen LogP contribution in [0.25, 0.3) is 0 Å². The number of rotatable bonds is 7. The highest BCUT2D eigenvalue weighted by Gasteiger charge is 2.27. The lowest BCUT2D eigenvalue weighted by molar-refractivity contribution is -0.146. The fraction of sp³-hybridized carbons (Fsp3) is 0.250. The topological polar surface area (TPSA) is 103 Å². The van der Waals surface area contributed by atoms with E-state index in [1.807, 2.05) is 0 Å². The Balaban J connectivity index is 1.56. The molecule has 1 heterocycles. The van der Waals surface area contributed by atoms with Crippen LogP contribution in [0.2, 0.25) is 0 Å². The van der Waals surface area contributed by atoms with Crippen molar-refractivity contribution in [2.75, 3.05) is 44.2 Å². The molecule has 1 aliphatic rings. The van der Waals surface area contributed by atoms with E-state index in [2.05, 4.69) is 5.32 Å². The zero-order valence-corrected chi connectivity index (χ0v) is 16.0. The molecule has 0 atom stereocenters. The molecule has 29 heavy (non-hydrogen) atoms. The van der Waals surface area contributed by atoms with Crippen molar-refractivity contribution < 1.29 is 33.3 Å². The lowest BCUT2D eigenvalue weighted by Crippen LogP contribution is -2.42. The summed E-state index contributed by atoms with van der Waals surface area (Å²) < 4.78 is 20.6. The minimum absolute atomic E-state index is 0.164. The van der Waals surface area contributed by atoms with Crippen molar-refractivity contribution in [2.45, 2.75) is 0 Å². The molecule has 2 aromatic rings. The number of methoxy groups -OCH3 is 2. The first kappa shape index (κ1) is 20.0. The predicted octanol–water partition coefficient (Wildman–Crippen LogP) is 1.61. The van der Waals surface area contributed by atoms with Crippen LogP contribution in [0.4, 0.5) is 11.4 Å².